The molecule has 2 atom stereocenters. The highest BCUT2D eigenvalue weighted by Gasteiger charge is 2.55. The first-order valence-electron chi connectivity index (χ1n) is 12.1. The molecule has 198 valence electrons. The van der Waals surface area contributed by atoms with E-state index in [2.05, 4.69) is 20.9 Å². The summed E-state index contributed by atoms with van der Waals surface area (Å²) >= 11 is 5.02. The second kappa shape index (κ2) is 11.7. The van der Waals surface area contributed by atoms with Crippen molar-refractivity contribution in [1.29, 1.82) is 0 Å². The van der Waals surface area contributed by atoms with E-state index in [0.29, 0.717) is 49.3 Å². The van der Waals surface area contributed by atoms with Gasteiger partial charge >= 0.3 is 5.97 Å². The average Bonchev–Trinajstić information content (AvgIpc) is 3.31. The van der Waals surface area contributed by atoms with Crippen LogP contribution >= 0.6 is 27.7 Å². The number of nitro benzene ring substituents is 1. The number of hydrogen-bond acceptors (Lipinski definition) is 9. The molecule has 2 aromatic rings. The molecule has 12 heteroatoms. The minimum absolute atomic E-state index is 0.0451. The lowest BCUT2D eigenvalue weighted by molar-refractivity contribution is -0.384. The van der Waals surface area contributed by atoms with Crippen LogP contribution in [-0.2, 0) is 32.1 Å². The van der Waals surface area contributed by atoms with Gasteiger partial charge in [-0.25, -0.2) is 4.79 Å². The van der Waals surface area contributed by atoms with Crippen LogP contribution in [0, 0.1) is 10.1 Å². The lowest BCUT2D eigenvalue weighted by Crippen LogP contribution is -2.61. The minimum Gasteiger partial charge on any atom is -0.456 e. The Morgan fingerprint density at radius 1 is 1.13 bits per heavy atom. The van der Waals surface area contributed by atoms with E-state index in [4.69, 9.17) is 9.47 Å². The molecule has 0 radical (unpaired) electrons. The van der Waals surface area contributed by atoms with Gasteiger partial charge in [0.15, 0.2) is 11.7 Å². The number of non-ortho nitro benzene ring substituents is 1. The molecular formula is C26H25BrN4O6S. The Morgan fingerprint density at radius 3 is 2.50 bits per heavy atom. The van der Waals surface area contributed by atoms with Gasteiger partial charge in [0.05, 0.1) is 28.9 Å². The van der Waals surface area contributed by atoms with Crippen molar-refractivity contribution in [2.45, 2.75) is 24.4 Å². The second-order valence-electron chi connectivity index (χ2n) is 8.87. The second-order valence-corrected chi connectivity index (χ2v) is 10.6. The predicted octanol–water partition coefficient (Wildman–Crippen LogP) is 3.50. The van der Waals surface area contributed by atoms with E-state index in [1.165, 1.54) is 28.8 Å². The highest BCUT2D eigenvalue weighted by Crippen LogP contribution is 2.43. The lowest BCUT2D eigenvalue weighted by Gasteiger charge is -2.43. The zero-order valence-corrected chi connectivity index (χ0v) is 22.7. The summed E-state index contributed by atoms with van der Waals surface area (Å²) in [4.78, 5) is 45.5. The van der Waals surface area contributed by atoms with Crippen molar-refractivity contribution in [2.75, 3.05) is 31.6 Å². The molecular weight excluding hydrogens is 576 g/mol. The van der Waals surface area contributed by atoms with Gasteiger partial charge in [-0.2, -0.15) is 0 Å². The van der Waals surface area contributed by atoms with Gasteiger partial charge in [-0.1, -0.05) is 58.0 Å². The van der Waals surface area contributed by atoms with Crippen molar-refractivity contribution in [3.8, 4) is 0 Å². The third-order valence-corrected chi connectivity index (χ3v) is 8.26. The molecule has 2 fully saturated rings. The van der Waals surface area contributed by atoms with E-state index < -0.39 is 16.9 Å². The molecule has 3 heterocycles. The summed E-state index contributed by atoms with van der Waals surface area (Å²) in [5.41, 5.74) is 2.52. The maximum atomic E-state index is 13.6. The Bertz CT molecular complexity index is 1280. The first-order valence-corrected chi connectivity index (χ1v) is 14.1. The number of nitrogens with zero attached hydrogens (tertiary/aromatic N) is 4. The molecule has 10 nitrogen and oxygen atoms in total. The van der Waals surface area contributed by atoms with E-state index in [-0.39, 0.29) is 29.3 Å². The smallest absolute Gasteiger partial charge is 0.357 e. The molecule has 3 aliphatic heterocycles. The van der Waals surface area contributed by atoms with Crippen molar-refractivity contribution < 1.29 is 24.0 Å². The van der Waals surface area contributed by atoms with Gasteiger partial charge in [0.1, 0.15) is 12.0 Å². The largest absolute Gasteiger partial charge is 0.456 e. The fourth-order valence-electron chi connectivity index (χ4n) is 4.52. The molecule has 2 aromatic carbocycles. The number of ether oxygens (including phenoxy) is 2. The van der Waals surface area contributed by atoms with Gasteiger partial charge in [-0.15, -0.1) is 0 Å². The molecule has 1 amide bonds. The summed E-state index contributed by atoms with van der Waals surface area (Å²) in [5.74, 6) is -0.868. The molecule has 0 saturated carbocycles. The number of benzene rings is 2. The third-order valence-electron chi connectivity index (χ3n) is 6.50. The summed E-state index contributed by atoms with van der Waals surface area (Å²) in [6.07, 6.45) is 0.623. The zero-order chi connectivity index (χ0) is 26.6. The summed E-state index contributed by atoms with van der Waals surface area (Å²) in [6, 6.07) is 15.2. The summed E-state index contributed by atoms with van der Waals surface area (Å²) in [7, 11) is 0. The van der Waals surface area contributed by atoms with Crippen molar-refractivity contribution in [1.82, 2.24) is 9.80 Å². The van der Waals surface area contributed by atoms with Crippen molar-refractivity contribution in [3.05, 3.63) is 87.2 Å². The number of fused-ring (bicyclic) bond motifs is 1. The maximum absolute atomic E-state index is 13.6. The number of rotatable bonds is 9. The number of nitro groups is 1. The Balaban J connectivity index is 1.37. The van der Waals surface area contributed by atoms with Gasteiger partial charge < -0.3 is 14.4 Å². The fraction of sp³-hybridized carbons (Fsp3) is 0.346. The monoisotopic (exact) mass is 600 g/mol. The molecule has 38 heavy (non-hydrogen) atoms. The Hall–Kier alpha value is -3.22. The Kier molecular flexibility index (Phi) is 8.10. The number of alkyl halides is 1. The van der Waals surface area contributed by atoms with E-state index in [1.54, 1.807) is 12.1 Å². The Morgan fingerprint density at radius 2 is 1.84 bits per heavy atom. The van der Waals surface area contributed by atoms with Crippen LogP contribution in [0.1, 0.15) is 11.1 Å². The number of likely N-dealkylation sites (tertiary alicyclic amines) is 1. The summed E-state index contributed by atoms with van der Waals surface area (Å²) in [6.45, 7) is 2.11. The van der Waals surface area contributed by atoms with Crippen LogP contribution in [0.3, 0.4) is 0 Å². The number of carbonyl (C=O) groups excluding carboxylic acids is 2. The van der Waals surface area contributed by atoms with Crippen LogP contribution in [-0.4, -0.2) is 74.7 Å². The molecule has 2 unspecified atom stereocenters. The molecule has 5 rings (SSSR count). The number of thioether (sulfide) groups is 1. The highest BCUT2D eigenvalue weighted by molar-refractivity contribution is 9.09. The van der Waals surface area contributed by atoms with Crippen LogP contribution < -0.4 is 0 Å². The van der Waals surface area contributed by atoms with Crippen molar-refractivity contribution in [2.24, 2.45) is 4.99 Å². The normalized spacial score (nSPS) is 21.3. The van der Waals surface area contributed by atoms with E-state index in [1.807, 2.05) is 35.2 Å². The van der Waals surface area contributed by atoms with Gasteiger partial charge in [-0.05, 0) is 23.3 Å². The van der Waals surface area contributed by atoms with E-state index in [0.717, 1.165) is 10.6 Å². The SMILES string of the molecule is O=C(OCc1ccc([N+](=O)[O-])cc1)C(=C(CBr)N1CCOCC1)N1C(=O)C2N=C(Cc3ccccc3)SC21. The molecule has 3 aliphatic rings. The molecule has 0 aliphatic carbocycles. The lowest BCUT2D eigenvalue weighted by atomic mass is 10.1. The number of halogens is 1. The van der Waals surface area contributed by atoms with Crippen molar-refractivity contribution >= 4 is 50.3 Å². The minimum atomic E-state index is -0.631. The predicted molar refractivity (Wildman–Crippen MR) is 146 cm³/mol. The van der Waals surface area contributed by atoms with Gasteiger partial charge in [0, 0.05) is 37.0 Å². The number of hydrogen-bond donors (Lipinski definition) is 0. The molecule has 0 N–H and O–H groups in total. The quantitative estimate of drug-likeness (QED) is 0.107. The van der Waals surface area contributed by atoms with Crippen molar-refractivity contribution in [3.63, 3.8) is 0 Å². The van der Waals surface area contributed by atoms with E-state index in [9.17, 15) is 19.7 Å². The topological polar surface area (TPSA) is 115 Å². The fourth-order valence-corrected chi connectivity index (χ4v) is 6.47. The van der Waals surface area contributed by atoms with Gasteiger partial charge in [-0.3, -0.25) is 24.8 Å². The van der Waals surface area contributed by atoms with Gasteiger partial charge in [0.25, 0.3) is 11.6 Å². The Labute approximate surface area is 231 Å². The van der Waals surface area contributed by atoms with Gasteiger partial charge in [0.2, 0.25) is 0 Å². The third kappa shape index (κ3) is 5.47. The number of β-lactam (4-membered cyclic amide) rings is 1. The number of aliphatic imine (C=N–C) groups is 1. The number of amides is 1. The van der Waals surface area contributed by atoms with Crippen LogP contribution in [0.15, 0.2) is 71.0 Å². The van der Waals surface area contributed by atoms with E-state index >= 15 is 0 Å². The number of morpholine rings is 1. The molecule has 0 bridgehead atoms. The van der Waals surface area contributed by atoms with Crippen LogP contribution in [0.4, 0.5) is 5.69 Å². The zero-order valence-electron chi connectivity index (χ0n) is 20.3. The molecule has 2 saturated heterocycles. The van der Waals surface area contributed by atoms with Crippen LogP contribution in [0.25, 0.3) is 0 Å². The average molecular weight is 601 g/mol. The summed E-state index contributed by atoms with van der Waals surface area (Å²) in [5, 5.41) is 11.8. The first-order chi connectivity index (χ1) is 18.5. The number of allylic oxidation sites excluding steroid dienone is 1. The number of carbonyl (C=O) groups is 2. The number of esters is 1. The first kappa shape index (κ1) is 26.4. The standard InChI is InChI=1S/C26H25BrN4O6S/c27-15-20(29-10-12-36-13-11-29)23(26(33)37-16-18-6-8-19(9-7-18)31(34)35)30-24(32)22-25(30)38-21(28-22)14-17-4-2-1-3-5-17/h1-9,22,25H,10-16H2. The molecule has 0 spiro atoms. The summed E-state index contributed by atoms with van der Waals surface area (Å²) < 4.78 is 11.1. The highest BCUT2D eigenvalue weighted by atomic mass is 79.9. The van der Waals surface area contributed by atoms with Crippen LogP contribution in [0.2, 0.25) is 0 Å². The maximum Gasteiger partial charge on any atom is 0.357 e. The molecule has 0 aromatic heterocycles. The van der Waals surface area contributed by atoms with Crippen LogP contribution in [0.5, 0.6) is 0 Å².